The molecule has 1 unspecified atom stereocenters. The summed E-state index contributed by atoms with van der Waals surface area (Å²) >= 11 is 0. The van der Waals surface area contributed by atoms with Gasteiger partial charge in [-0.1, -0.05) is 0 Å². The monoisotopic (exact) mass is 434 g/mol. The van der Waals surface area contributed by atoms with Gasteiger partial charge in [-0.15, -0.1) is 0 Å². The summed E-state index contributed by atoms with van der Waals surface area (Å²) in [4.78, 5) is 12.6. The van der Waals surface area contributed by atoms with Gasteiger partial charge in [0, 0.05) is 18.7 Å². The summed E-state index contributed by atoms with van der Waals surface area (Å²) in [6, 6.07) is 12.9. The number of methoxy groups -OCH3 is 1. The van der Waals surface area contributed by atoms with Gasteiger partial charge in [-0.3, -0.25) is 4.79 Å². The minimum atomic E-state index is -3.58. The molecule has 2 aromatic carbocycles. The Balaban J connectivity index is 1.54. The predicted octanol–water partition coefficient (Wildman–Crippen LogP) is 1.91. The van der Waals surface area contributed by atoms with E-state index in [0.717, 1.165) is 5.75 Å². The van der Waals surface area contributed by atoms with Crippen LogP contribution in [-0.4, -0.2) is 64.7 Å². The Morgan fingerprint density at radius 1 is 1.07 bits per heavy atom. The van der Waals surface area contributed by atoms with E-state index in [-0.39, 0.29) is 16.8 Å². The van der Waals surface area contributed by atoms with E-state index in [2.05, 4.69) is 5.32 Å². The molecule has 0 saturated carbocycles. The SMILES string of the molecule is COc1ccc(OCC(C)NC(=O)c2ccc(S(=O)(=O)N3CCOCC3)cc2)cc1. The molecule has 1 heterocycles. The van der Waals surface area contributed by atoms with Crippen LogP contribution in [0.15, 0.2) is 53.4 Å². The molecule has 1 aliphatic rings. The first-order valence-corrected chi connectivity index (χ1v) is 11.1. The Morgan fingerprint density at radius 3 is 2.27 bits per heavy atom. The van der Waals surface area contributed by atoms with Gasteiger partial charge in [-0.05, 0) is 55.5 Å². The van der Waals surface area contributed by atoms with Gasteiger partial charge < -0.3 is 19.5 Å². The summed E-state index contributed by atoms with van der Waals surface area (Å²) in [6.07, 6.45) is 0. The second-order valence-corrected chi connectivity index (χ2v) is 8.84. The van der Waals surface area contributed by atoms with E-state index < -0.39 is 10.0 Å². The van der Waals surface area contributed by atoms with E-state index in [9.17, 15) is 13.2 Å². The van der Waals surface area contributed by atoms with Crippen molar-refractivity contribution in [1.29, 1.82) is 0 Å². The molecular formula is C21H26N2O6S. The van der Waals surface area contributed by atoms with Gasteiger partial charge in [0.15, 0.2) is 0 Å². The van der Waals surface area contributed by atoms with Crippen LogP contribution in [0, 0.1) is 0 Å². The van der Waals surface area contributed by atoms with Crippen molar-refractivity contribution in [2.45, 2.75) is 17.9 Å². The van der Waals surface area contributed by atoms with Crippen molar-refractivity contribution in [2.75, 3.05) is 40.0 Å². The Morgan fingerprint density at radius 2 is 1.67 bits per heavy atom. The fourth-order valence-electron chi connectivity index (χ4n) is 2.96. The number of nitrogens with zero attached hydrogens (tertiary/aromatic N) is 1. The normalized spacial score (nSPS) is 15.9. The molecule has 8 nitrogen and oxygen atoms in total. The van der Waals surface area contributed by atoms with Gasteiger partial charge in [0.1, 0.15) is 18.1 Å². The fraction of sp³-hybridized carbons (Fsp3) is 0.381. The molecule has 30 heavy (non-hydrogen) atoms. The van der Waals surface area contributed by atoms with Gasteiger partial charge in [-0.2, -0.15) is 4.31 Å². The average molecular weight is 435 g/mol. The Bertz CT molecular complexity index is 938. The highest BCUT2D eigenvalue weighted by atomic mass is 32.2. The summed E-state index contributed by atoms with van der Waals surface area (Å²) < 4.78 is 42.7. The number of hydrogen-bond acceptors (Lipinski definition) is 6. The lowest BCUT2D eigenvalue weighted by Gasteiger charge is -2.26. The Kier molecular flexibility index (Phi) is 7.30. The highest BCUT2D eigenvalue weighted by molar-refractivity contribution is 7.89. The van der Waals surface area contributed by atoms with Crippen LogP contribution in [-0.2, 0) is 14.8 Å². The third-order valence-corrected chi connectivity index (χ3v) is 6.57. The van der Waals surface area contributed by atoms with E-state index in [4.69, 9.17) is 14.2 Å². The van der Waals surface area contributed by atoms with Crippen molar-refractivity contribution in [3.8, 4) is 11.5 Å². The summed E-state index contributed by atoms with van der Waals surface area (Å²) in [5, 5.41) is 2.85. The molecule has 0 radical (unpaired) electrons. The zero-order chi connectivity index (χ0) is 21.6. The van der Waals surface area contributed by atoms with Crippen molar-refractivity contribution in [1.82, 2.24) is 9.62 Å². The smallest absolute Gasteiger partial charge is 0.251 e. The largest absolute Gasteiger partial charge is 0.497 e. The molecule has 1 N–H and O–H groups in total. The number of sulfonamides is 1. The number of ether oxygens (including phenoxy) is 3. The minimum Gasteiger partial charge on any atom is -0.497 e. The average Bonchev–Trinajstić information content (AvgIpc) is 2.78. The van der Waals surface area contributed by atoms with Gasteiger partial charge in [0.25, 0.3) is 5.91 Å². The highest BCUT2D eigenvalue weighted by Gasteiger charge is 2.26. The molecule has 162 valence electrons. The van der Waals surface area contributed by atoms with Gasteiger partial charge in [-0.25, -0.2) is 8.42 Å². The quantitative estimate of drug-likeness (QED) is 0.682. The van der Waals surface area contributed by atoms with Crippen molar-refractivity contribution in [2.24, 2.45) is 0 Å². The highest BCUT2D eigenvalue weighted by Crippen LogP contribution is 2.18. The molecule has 0 aromatic heterocycles. The summed E-state index contributed by atoms with van der Waals surface area (Å²) in [7, 11) is -1.98. The maximum atomic E-state index is 12.7. The maximum Gasteiger partial charge on any atom is 0.251 e. The van der Waals surface area contributed by atoms with Crippen LogP contribution in [0.25, 0.3) is 0 Å². The summed E-state index contributed by atoms with van der Waals surface area (Å²) in [5.41, 5.74) is 0.382. The van der Waals surface area contributed by atoms with Crippen LogP contribution in [0.2, 0.25) is 0 Å². The topological polar surface area (TPSA) is 94.2 Å². The third kappa shape index (κ3) is 5.50. The van der Waals surface area contributed by atoms with E-state index in [0.29, 0.717) is 44.2 Å². The molecule has 9 heteroatoms. The molecular weight excluding hydrogens is 408 g/mol. The number of amides is 1. The molecule has 0 spiro atoms. The first-order chi connectivity index (χ1) is 14.4. The lowest BCUT2D eigenvalue weighted by Crippen LogP contribution is -2.40. The molecule has 1 amide bonds. The summed E-state index contributed by atoms with van der Waals surface area (Å²) in [5.74, 6) is 1.12. The number of benzene rings is 2. The number of hydrogen-bond donors (Lipinski definition) is 1. The van der Waals surface area contributed by atoms with E-state index in [1.807, 2.05) is 6.92 Å². The minimum absolute atomic E-state index is 0.164. The number of nitrogens with one attached hydrogen (secondary N) is 1. The van der Waals surface area contributed by atoms with Crippen LogP contribution in [0.4, 0.5) is 0 Å². The summed E-state index contributed by atoms with van der Waals surface area (Å²) in [6.45, 7) is 3.55. The van der Waals surface area contributed by atoms with Gasteiger partial charge in [0.2, 0.25) is 10.0 Å². The van der Waals surface area contributed by atoms with Crippen LogP contribution < -0.4 is 14.8 Å². The second-order valence-electron chi connectivity index (χ2n) is 6.90. The number of morpholine rings is 1. The lowest BCUT2D eigenvalue weighted by molar-refractivity contribution is 0.0730. The van der Waals surface area contributed by atoms with Crippen LogP contribution in [0.5, 0.6) is 11.5 Å². The van der Waals surface area contributed by atoms with E-state index >= 15 is 0 Å². The van der Waals surface area contributed by atoms with Crippen LogP contribution in [0.1, 0.15) is 17.3 Å². The van der Waals surface area contributed by atoms with Gasteiger partial charge in [0.05, 0.1) is 31.3 Å². The Labute approximate surface area is 176 Å². The number of carbonyl (C=O) groups excluding carboxylic acids is 1. The van der Waals surface area contributed by atoms with Crippen LogP contribution >= 0.6 is 0 Å². The van der Waals surface area contributed by atoms with Crippen molar-refractivity contribution >= 4 is 15.9 Å². The zero-order valence-corrected chi connectivity index (χ0v) is 17.9. The van der Waals surface area contributed by atoms with Crippen molar-refractivity contribution < 1.29 is 27.4 Å². The molecule has 1 saturated heterocycles. The van der Waals surface area contributed by atoms with Gasteiger partial charge >= 0.3 is 0 Å². The second kappa shape index (κ2) is 9.92. The van der Waals surface area contributed by atoms with Crippen molar-refractivity contribution in [3.05, 3.63) is 54.1 Å². The molecule has 1 atom stereocenters. The first kappa shape index (κ1) is 22.1. The standard InChI is InChI=1S/C21H26N2O6S/c1-16(15-29-19-7-5-18(27-2)6-8-19)22-21(24)17-3-9-20(10-4-17)30(25,26)23-11-13-28-14-12-23/h3-10,16H,11-15H2,1-2H3,(H,22,24). The van der Waals surface area contributed by atoms with Crippen LogP contribution in [0.3, 0.4) is 0 Å². The molecule has 3 rings (SSSR count). The maximum absolute atomic E-state index is 12.7. The molecule has 2 aromatic rings. The molecule has 1 aliphatic heterocycles. The fourth-order valence-corrected chi connectivity index (χ4v) is 4.36. The van der Waals surface area contributed by atoms with E-state index in [1.54, 1.807) is 31.4 Å². The Hall–Kier alpha value is -2.62. The predicted molar refractivity (Wildman–Crippen MR) is 111 cm³/mol. The van der Waals surface area contributed by atoms with Crippen molar-refractivity contribution in [3.63, 3.8) is 0 Å². The first-order valence-electron chi connectivity index (χ1n) is 9.66. The van der Waals surface area contributed by atoms with E-state index in [1.165, 1.54) is 28.6 Å². The molecule has 0 bridgehead atoms. The number of rotatable bonds is 8. The lowest BCUT2D eigenvalue weighted by atomic mass is 10.2. The number of carbonyl (C=O) groups is 1. The molecule has 1 fully saturated rings. The third-order valence-electron chi connectivity index (χ3n) is 4.66. The molecule has 0 aliphatic carbocycles. The zero-order valence-electron chi connectivity index (χ0n) is 17.0.